The molecule has 4 aliphatic rings. The number of rotatable bonds is 4. The van der Waals surface area contributed by atoms with E-state index >= 15 is 0 Å². The molecular formula is C25H30N4O. The smallest absolute Gasteiger partial charge is 0.254 e. The number of aryl methyl sites for hydroxylation is 1. The van der Waals surface area contributed by atoms with Gasteiger partial charge in [-0.2, -0.15) is 0 Å². The summed E-state index contributed by atoms with van der Waals surface area (Å²) in [7, 11) is 0. The van der Waals surface area contributed by atoms with E-state index < -0.39 is 0 Å². The number of nitrogens with zero attached hydrogens (tertiary/aromatic N) is 3. The Morgan fingerprint density at radius 2 is 2.07 bits per heavy atom. The number of aromatic nitrogens is 2. The van der Waals surface area contributed by atoms with Crippen molar-refractivity contribution in [2.75, 3.05) is 18.4 Å². The van der Waals surface area contributed by atoms with Crippen LogP contribution < -0.4 is 5.32 Å². The molecule has 0 bridgehead atoms. The number of amides is 1. The number of hydrogen-bond acceptors (Lipinski definition) is 4. The van der Waals surface area contributed by atoms with E-state index in [0.717, 1.165) is 59.9 Å². The largest absolute Gasteiger partial charge is 0.369 e. The summed E-state index contributed by atoms with van der Waals surface area (Å²) in [6.07, 6.45) is 9.66. The van der Waals surface area contributed by atoms with Crippen LogP contribution >= 0.6 is 0 Å². The summed E-state index contributed by atoms with van der Waals surface area (Å²) in [5, 5.41) is 3.71. The molecular weight excluding hydrogens is 372 g/mol. The van der Waals surface area contributed by atoms with E-state index in [0.29, 0.717) is 12.0 Å². The van der Waals surface area contributed by atoms with Crippen molar-refractivity contribution in [1.29, 1.82) is 0 Å². The topological polar surface area (TPSA) is 58.1 Å². The minimum Gasteiger partial charge on any atom is -0.369 e. The van der Waals surface area contributed by atoms with Crippen LogP contribution in [0.3, 0.4) is 0 Å². The summed E-state index contributed by atoms with van der Waals surface area (Å²) in [6, 6.07) is 7.84. The Kier molecular flexibility index (Phi) is 4.15. The molecule has 6 rings (SSSR count). The van der Waals surface area contributed by atoms with E-state index in [9.17, 15) is 4.79 Å². The molecule has 0 radical (unpaired) electrons. The maximum absolute atomic E-state index is 13.0. The van der Waals surface area contributed by atoms with Crippen molar-refractivity contribution in [2.45, 2.75) is 52.0 Å². The second-order valence-electron chi connectivity index (χ2n) is 10.1. The van der Waals surface area contributed by atoms with Gasteiger partial charge < -0.3 is 10.2 Å². The predicted octanol–water partition coefficient (Wildman–Crippen LogP) is 4.22. The molecule has 156 valence electrons. The zero-order valence-electron chi connectivity index (χ0n) is 17.7. The fraction of sp³-hybridized carbons (Fsp3) is 0.560. The minimum absolute atomic E-state index is 0.0923. The number of carbonyl (C=O) groups is 1. The Bertz CT molecular complexity index is 988. The van der Waals surface area contributed by atoms with Crippen LogP contribution in [0.4, 0.5) is 5.82 Å². The molecule has 2 heterocycles. The van der Waals surface area contributed by atoms with Gasteiger partial charge in [0, 0.05) is 24.2 Å². The summed E-state index contributed by atoms with van der Waals surface area (Å²) in [4.78, 5) is 24.0. The molecule has 3 saturated carbocycles. The first-order valence-electron chi connectivity index (χ1n) is 11.6. The maximum Gasteiger partial charge on any atom is 0.254 e. The van der Waals surface area contributed by atoms with Gasteiger partial charge in [0.1, 0.15) is 12.1 Å². The van der Waals surface area contributed by atoms with Gasteiger partial charge in [-0.15, -0.1) is 0 Å². The predicted molar refractivity (Wildman–Crippen MR) is 116 cm³/mol. The highest BCUT2D eigenvalue weighted by molar-refractivity contribution is 5.94. The highest BCUT2D eigenvalue weighted by Crippen LogP contribution is 2.71. The average molecular weight is 403 g/mol. The molecule has 5 heteroatoms. The van der Waals surface area contributed by atoms with Crippen molar-refractivity contribution >= 4 is 11.7 Å². The van der Waals surface area contributed by atoms with Gasteiger partial charge in [0.15, 0.2) is 0 Å². The molecule has 1 aliphatic heterocycles. The first-order valence-corrected chi connectivity index (χ1v) is 11.6. The van der Waals surface area contributed by atoms with Gasteiger partial charge in [-0.1, -0.05) is 37.0 Å². The van der Waals surface area contributed by atoms with Crippen LogP contribution in [0.2, 0.25) is 0 Å². The van der Waals surface area contributed by atoms with E-state index in [-0.39, 0.29) is 5.91 Å². The van der Waals surface area contributed by atoms with Crippen molar-refractivity contribution < 1.29 is 4.79 Å². The number of nitrogens with one attached hydrogen (secondary N) is 1. The van der Waals surface area contributed by atoms with Crippen LogP contribution in [0.15, 0.2) is 30.6 Å². The van der Waals surface area contributed by atoms with E-state index in [4.69, 9.17) is 0 Å². The Labute approximate surface area is 178 Å². The van der Waals surface area contributed by atoms with Gasteiger partial charge in [0.2, 0.25) is 0 Å². The van der Waals surface area contributed by atoms with Gasteiger partial charge in [-0.05, 0) is 61.5 Å². The Hall–Kier alpha value is -2.43. The molecule has 1 amide bonds. The molecule has 3 fully saturated rings. The molecule has 2 aromatic rings. The molecule has 3 aliphatic carbocycles. The molecule has 2 atom stereocenters. The van der Waals surface area contributed by atoms with Gasteiger partial charge in [0.05, 0.1) is 12.2 Å². The Balaban J connectivity index is 1.15. The number of benzene rings is 1. The van der Waals surface area contributed by atoms with Crippen molar-refractivity contribution in [1.82, 2.24) is 14.9 Å². The first kappa shape index (κ1) is 18.3. The van der Waals surface area contributed by atoms with Crippen LogP contribution in [0.1, 0.15) is 59.3 Å². The van der Waals surface area contributed by atoms with Crippen molar-refractivity contribution in [2.24, 2.45) is 23.2 Å². The van der Waals surface area contributed by atoms with Crippen LogP contribution in [0, 0.1) is 30.1 Å². The fourth-order valence-electron chi connectivity index (χ4n) is 7.09. The van der Waals surface area contributed by atoms with Crippen LogP contribution in [0.25, 0.3) is 0 Å². The zero-order chi connectivity index (χ0) is 20.3. The molecule has 5 nitrogen and oxygen atoms in total. The Morgan fingerprint density at radius 1 is 1.23 bits per heavy atom. The van der Waals surface area contributed by atoms with E-state index in [1.807, 2.05) is 36.1 Å². The summed E-state index contributed by atoms with van der Waals surface area (Å²) < 4.78 is 0. The molecule has 2 unspecified atom stereocenters. The van der Waals surface area contributed by atoms with Crippen molar-refractivity contribution in [3.8, 4) is 0 Å². The zero-order valence-corrected chi connectivity index (χ0v) is 17.7. The molecule has 0 saturated heterocycles. The normalized spacial score (nSPS) is 31.1. The number of carbonyl (C=O) groups excluding carboxylic acids is 1. The molecule has 1 aromatic heterocycles. The van der Waals surface area contributed by atoms with E-state index in [1.165, 1.54) is 37.7 Å². The highest BCUT2D eigenvalue weighted by atomic mass is 16.2. The van der Waals surface area contributed by atoms with Crippen LogP contribution in [-0.4, -0.2) is 33.9 Å². The quantitative estimate of drug-likeness (QED) is 0.832. The third kappa shape index (κ3) is 2.78. The molecule has 30 heavy (non-hydrogen) atoms. The van der Waals surface area contributed by atoms with Gasteiger partial charge in [-0.25, -0.2) is 9.97 Å². The molecule has 1 N–H and O–H groups in total. The van der Waals surface area contributed by atoms with E-state index in [2.05, 4.69) is 15.3 Å². The third-order valence-corrected chi connectivity index (χ3v) is 8.38. The second-order valence-corrected chi connectivity index (χ2v) is 10.1. The van der Waals surface area contributed by atoms with Crippen molar-refractivity contribution in [3.05, 3.63) is 53.0 Å². The maximum atomic E-state index is 13.0. The van der Waals surface area contributed by atoms with Gasteiger partial charge >= 0.3 is 0 Å². The average Bonchev–Trinajstić information content (AvgIpc) is 2.73. The lowest BCUT2D eigenvalue weighted by molar-refractivity contribution is -0.198. The SMILES string of the molecule is Cc1cccc(C(=O)N2CCc3c(ncnc3NCC34CC5CCCC(C3)C54)C2)c1. The summed E-state index contributed by atoms with van der Waals surface area (Å²) in [6.45, 7) is 4.37. The van der Waals surface area contributed by atoms with Gasteiger partial charge in [-0.3, -0.25) is 4.79 Å². The Morgan fingerprint density at radius 3 is 2.87 bits per heavy atom. The van der Waals surface area contributed by atoms with Crippen LogP contribution in [-0.2, 0) is 13.0 Å². The summed E-state index contributed by atoms with van der Waals surface area (Å²) >= 11 is 0. The minimum atomic E-state index is 0.0923. The standard InChI is InChI=1S/C25H30N4O/c1-16-4-2-5-17(10-16)24(30)29-9-8-20-21(13-29)27-15-28-23(20)26-14-25-11-18-6-3-7-19(12-25)22(18)25/h2,4-5,10,15,18-19,22H,3,6-9,11-14H2,1H3,(H,26,27,28). The fourth-order valence-corrected chi connectivity index (χ4v) is 7.09. The van der Waals surface area contributed by atoms with Crippen molar-refractivity contribution in [3.63, 3.8) is 0 Å². The van der Waals surface area contributed by atoms with E-state index in [1.54, 1.807) is 6.33 Å². The highest BCUT2D eigenvalue weighted by Gasteiger charge is 2.65. The number of hydrogen-bond donors (Lipinski definition) is 1. The lowest BCUT2D eigenvalue weighted by Crippen LogP contribution is -2.65. The number of anilines is 1. The monoisotopic (exact) mass is 402 g/mol. The lowest BCUT2D eigenvalue weighted by atomic mass is 9.35. The summed E-state index contributed by atoms with van der Waals surface area (Å²) in [5.41, 5.74) is 4.61. The second kappa shape index (κ2) is 6.79. The lowest BCUT2D eigenvalue weighted by Gasteiger charge is -2.70. The first-order chi connectivity index (χ1) is 14.6. The van der Waals surface area contributed by atoms with Gasteiger partial charge in [0.25, 0.3) is 5.91 Å². The third-order valence-electron chi connectivity index (χ3n) is 8.38. The number of fused-ring (bicyclic) bond motifs is 1. The molecule has 1 aromatic carbocycles. The molecule has 0 spiro atoms. The van der Waals surface area contributed by atoms with Crippen LogP contribution in [0.5, 0.6) is 0 Å². The summed E-state index contributed by atoms with van der Waals surface area (Å²) in [5.74, 6) is 4.06.